The van der Waals surface area contributed by atoms with Crippen molar-refractivity contribution in [3.63, 3.8) is 0 Å². The number of piperazine rings is 1. The van der Waals surface area contributed by atoms with Gasteiger partial charge in [-0.15, -0.1) is 0 Å². The van der Waals surface area contributed by atoms with Crippen LogP contribution >= 0.6 is 11.6 Å². The molecule has 2 aromatic rings. The third-order valence-corrected chi connectivity index (χ3v) is 7.62. The number of hydrogen-bond acceptors (Lipinski definition) is 4. The van der Waals surface area contributed by atoms with Crippen molar-refractivity contribution in [1.82, 2.24) is 20.0 Å². The predicted octanol–water partition coefficient (Wildman–Crippen LogP) is 5.34. The van der Waals surface area contributed by atoms with Gasteiger partial charge in [0.05, 0.1) is 10.6 Å². The lowest BCUT2D eigenvalue weighted by Crippen LogP contribution is -2.46. The molecular weight excluding hydrogens is 480 g/mol. The Kier molecular flexibility index (Phi) is 8.38. The highest BCUT2D eigenvalue weighted by Crippen LogP contribution is 2.35. The van der Waals surface area contributed by atoms with Crippen LogP contribution in [0.3, 0.4) is 0 Å². The molecule has 2 saturated heterocycles. The van der Waals surface area contributed by atoms with Gasteiger partial charge < -0.3 is 5.32 Å². The summed E-state index contributed by atoms with van der Waals surface area (Å²) in [4.78, 5) is 6.56. The van der Waals surface area contributed by atoms with E-state index in [-0.39, 0.29) is 23.7 Å². The van der Waals surface area contributed by atoms with E-state index >= 15 is 0 Å². The molecule has 35 heavy (non-hydrogen) atoms. The molecule has 0 bridgehead atoms. The van der Waals surface area contributed by atoms with E-state index in [4.69, 9.17) is 11.6 Å². The molecular formula is C26H33ClF4N4. The number of hydrogen-bond donors (Lipinski definition) is 1. The van der Waals surface area contributed by atoms with Crippen molar-refractivity contribution in [3.05, 3.63) is 69.5 Å². The lowest BCUT2D eigenvalue weighted by atomic mass is 9.97. The maximum Gasteiger partial charge on any atom is 0.416 e. The Labute approximate surface area is 209 Å². The van der Waals surface area contributed by atoms with E-state index in [0.29, 0.717) is 31.7 Å². The lowest BCUT2D eigenvalue weighted by Gasteiger charge is -2.38. The van der Waals surface area contributed by atoms with Crippen LogP contribution in [0, 0.1) is 5.82 Å². The number of likely N-dealkylation sites (N-methyl/N-ethyl adjacent to an activating group) is 1. The SMILES string of the molecule is CC(c1ccc(F)c(Cl)c1)N1CCN(Cc2cc(C3CNCCCN3C)ccc2C(F)(F)F)CC1. The highest BCUT2D eigenvalue weighted by Gasteiger charge is 2.35. The smallest absolute Gasteiger partial charge is 0.315 e. The van der Waals surface area contributed by atoms with Crippen LogP contribution in [-0.2, 0) is 12.7 Å². The summed E-state index contributed by atoms with van der Waals surface area (Å²) in [5.41, 5.74) is 1.63. The normalized spacial score (nSPS) is 22.2. The van der Waals surface area contributed by atoms with Crippen molar-refractivity contribution in [2.75, 3.05) is 52.9 Å². The Morgan fingerprint density at radius 3 is 2.49 bits per heavy atom. The first-order valence-electron chi connectivity index (χ1n) is 12.2. The van der Waals surface area contributed by atoms with E-state index in [0.717, 1.165) is 37.2 Å². The second kappa shape index (κ2) is 11.1. The first kappa shape index (κ1) is 26.4. The van der Waals surface area contributed by atoms with Crippen molar-refractivity contribution >= 4 is 11.6 Å². The number of rotatable bonds is 5. The predicted molar refractivity (Wildman–Crippen MR) is 131 cm³/mol. The van der Waals surface area contributed by atoms with E-state index in [1.54, 1.807) is 24.3 Å². The molecule has 2 aliphatic heterocycles. The van der Waals surface area contributed by atoms with Gasteiger partial charge in [-0.05, 0) is 68.4 Å². The van der Waals surface area contributed by atoms with Crippen LogP contribution in [0.5, 0.6) is 0 Å². The average molecular weight is 513 g/mol. The van der Waals surface area contributed by atoms with Gasteiger partial charge in [0.1, 0.15) is 5.82 Å². The minimum absolute atomic E-state index is 0.0441. The molecule has 0 aliphatic carbocycles. The third kappa shape index (κ3) is 6.35. The van der Waals surface area contributed by atoms with Crippen LogP contribution < -0.4 is 5.32 Å². The van der Waals surface area contributed by atoms with E-state index in [1.807, 2.05) is 14.0 Å². The molecule has 0 aromatic heterocycles. The largest absolute Gasteiger partial charge is 0.416 e. The van der Waals surface area contributed by atoms with Gasteiger partial charge >= 0.3 is 6.18 Å². The van der Waals surface area contributed by atoms with Crippen LogP contribution in [0.2, 0.25) is 5.02 Å². The summed E-state index contributed by atoms with van der Waals surface area (Å²) < 4.78 is 55.1. The summed E-state index contributed by atoms with van der Waals surface area (Å²) >= 11 is 5.95. The topological polar surface area (TPSA) is 21.8 Å². The summed E-state index contributed by atoms with van der Waals surface area (Å²) in [6.07, 6.45) is -3.37. The molecule has 0 amide bonds. The second-order valence-electron chi connectivity index (χ2n) is 9.63. The van der Waals surface area contributed by atoms with E-state index in [9.17, 15) is 17.6 Å². The Morgan fingerprint density at radius 2 is 1.80 bits per heavy atom. The number of nitrogens with one attached hydrogen (secondary N) is 1. The number of halogens is 5. The van der Waals surface area contributed by atoms with Gasteiger partial charge in [0.15, 0.2) is 0 Å². The van der Waals surface area contributed by atoms with E-state index in [2.05, 4.69) is 20.0 Å². The molecule has 2 unspecified atom stereocenters. The summed E-state index contributed by atoms with van der Waals surface area (Å²) in [7, 11) is 2.03. The second-order valence-corrected chi connectivity index (χ2v) is 10.0. The first-order valence-corrected chi connectivity index (χ1v) is 12.5. The Bertz CT molecular complexity index is 1010. The number of alkyl halides is 3. The highest BCUT2D eigenvalue weighted by atomic mass is 35.5. The van der Waals surface area contributed by atoms with Crippen molar-refractivity contribution < 1.29 is 17.6 Å². The van der Waals surface area contributed by atoms with Crippen molar-refractivity contribution in [2.24, 2.45) is 0 Å². The molecule has 4 rings (SSSR count). The van der Waals surface area contributed by atoms with Gasteiger partial charge in [-0.25, -0.2) is 4.39 Å². The number of nitrogens with zero attached hydrogens (tertiary/aromatic N) is 3. The minimum Gasteiger partial charge on any atom is -0.315 e. The van der Waals surface area contributed by atoms with Crippen LogP contribution in [-0.4, -0.2) is 67.6 Å². The molecule has 0 spiro atoms. The molecule has 2 fully saturated rings. The lowest BCUT2D eigenvalue weighted by molar-refractivity contribution is -0.138. The van der Waals surface area contributed by atoms with Crippen LogP contribution in [0.25, 0.3) is 0 Å². The van der Waals surface area contributed by atoms with Gasteiger partial charge in [-0.2, -0.15) is 13.2 Å². The maximum absolute atomic E-state index is 13.8. The fourth-order valence-electron chi connectivity index (χ4n) is 5.14. The van der Waals surface area contributed by atoms with Gasteiger partial charge in [0.2, 0.25) is 0 Å². The minimum atomic E-state index is -4.39. The summed E-state index contributed by atoms with van der Waals surface area (Å²) in [6.45, 7) is 7.61. The first-order chi connectivity index (χ1) is 16.6. The van der Waals surface area contributed by atoms with Crippen molar-refractivity contribution in [3.8, 4) is 0 Å². The van der Waals surface area contributed by atoms with Gasteiger partial charge in [0.25, 0.3) is 0 Å². The fraction of sp³-hybridized carbons (Fsp3) is 0.538. The van der Waals surface area contributed by atoms with E-state index < -0.39 is 17.6 Å². The molecule has 2 atom stereocenters. The van der Waals surface area contributed by atoms with Crippen LogP contribution in [0.4, 0.5) is 17.6 Å². The summed E-state index contributed by atoms with van der Waals surface area (Å²) in [5.74, 6) is -0.444. The average Bonchev–Trinajstić information content (AvgIpc) is 3.04. The standard InChI is InChI=1S/C26H33ClF4N4/c1-18(19-5-7-24(28)23(27)15-19)35-12-10-34(11-13-35)17-21-14-20(4-6-22(21)26(29,30)31)25-16-32-8-3-9-33(25)2/h4-7,14-15,18,25,32H,3,8-13,16-17H2,1-2H3. The number of benzene rings is 2. The summed E-state index contributed by atoms with van der Waals surface area (Å²) in [5, 5.41) is 3.50. The van der Waals surface area contributed by atoms with Crippen molar-refractivity contribution in [2.45, 2.75) is 38.1 Å². The Hall–Kier alpha value is -1.71. The molecule has 192 valence electrons. The molecule has 2 aliphatic rings. The molecule has 1 N–H and O–H groups in total. The third-order valence-electron chi connectivity index (χ3n) is 7.33. The van der Waals surface area contributed by atoms with Gasteiger partial charge in [-0.1, -0.05) is 29.8 Å². The highest BCUT2D eigenvalue weighted by molar-refractivity contribution is 6.30. The Morgan fingerprint density at radius 1 is 1.06 bits per heavy atom. The monoisotopic (exact) mass is 512 g/mol. The summed E-state index contributed by atoms with van der Waals surface area (Å²) in [6, 6.07) is 9.49. The molecule has 0 saturated carbocycles. The molecule has 0 radical (unpaired) electrons. The molecule has 2 heterocycles. The van der Waals surface area contributed by atoms with Crippen LogP contribution in [0.1, 0.15) is 47.7 Å². The van der Waals surface area contributed by atoms with Gasteiger partial charge in [0, 0.05) is 51.4 Å². The van der Waals surface area contributed by atoms with E-state index in [1.165, 1.54) is 12.1 Å². The zero-order valence-corrected chi connectivity index (χ0v) is 21.0. The fourth-order valence-corrected chi connectivity index (χ4v) is 5.33. The molecule has 2 aromatic carbocycles. The molecule has 9 heteroatoms. The zero-order chi connectivity index (χ0) is 25.2. The molecule has 4 nitrogen and oxygen atoms in total. The maximum atomic E-state index is 13.8. The van der Waals surface area contributed by atoms with Crippen molar-refractivity contribution in [1.29, 1.82) is 0 Å². The van der Waals surface area contributed by atoms with Crippen LogP contribution in [0.15, 0.2) is 36.4 Å². The quantitative estimate of drug-likeness (QED) is 0.546. The zero-order valence-electron chi connectivity index (χ0n) is 20.2. The Balaban J connectivity index is 1.46. The van der Waals surface area contributed by atoms with Gasteiger partial charge in [-0.3, -0.25) is 14.7 Å².